The van der Waals surface area contributed by atoms with Crippen LogP contribution in [-0.2, 0) is 6.54 Å². The Labute approximate surface area is 113 Å². The summed E-state index contributed by atoms with van der Waals surface area (Å²) in [6, 6.07) is 5.18. The van der Waals surface area contributed by atoms with Crippen LogP contribution in [0.3, 0.4) is 0 Å². The fraction of sp³-hybridized carbons (Fsp3) is 0.467. The molecular formula is C15H20N2O2. The van der Waals surface area contributed by atoms with Crippen molar-refractivity contribution in [3.63, 3.8) is 0 Å². The largest absolute Gasteiger partial charge is 0.478 e. The van der Waals surface area contributed by atoms with Crippen molar-refractivity contribution >= 4 is 17.0 Å². The number of carbonyl (C=O) groups is 1. The van der Waals surface area contributed by atoms with E-state index in [4.69, 9.17) is 5.11 Å². The monoisotopic (exact) mass is 260 g/mol. The number of hydrogen-bond donors (Lipinski definition) is 1. The smallest absolute Gasteiger partial charge is 0.335 e. The molecule has 2 rings (SSSR count). The number of aromatic carboxylic acids is 1. The number of aromatic nitrogens is 2. The molecule has 4 nitrogen and oxygen atoms in total. The van der Waals surface area contributed by atoms with Crippen molar-refractivity contribution in [2.75, 3.05) is 0 Å². The Balaban J connectivity index is 2.61. The number of aryl methyl sites for hydroxylation is 1. The number of fused-ring (bicyclic) bond motifs is 1. The topological polar surface area (TPSA) is 55.1 Å². The third-order valence-corrected chi connectivity index (χ3v) is 3.53. The zero-order chi connectivity index (χ0) is 14.0. The maximum absolute atomic E-state index is 11.0. The molecule has 2 aromatic rings. The fourth-order valence-corrected chi connectivity index (χ4v) is 2.30. The number of benzene rings is 1. The van der Waals surface area contributed by atoms with E-state index in [9.17, 15) is 4.79 Å². The SMILES string of the molecule is CCCn1c(C(C)CC)nc2cc(C(=O)O)ccc21. The van der Waals surface area contributed by atoms with Crippen molar-refractivity contribution in [3.8, 4) is 0 Å². The predicted molar refractivity (Wildman–Crippen MR) is 75.7 cm³/mol. The zero-order valence-corrected chi connectivity index (χ0v) is 11.7. The standard InChI is InChI=1S/C15H20N2O2/c1-4-8-17-13-7-6-11(15(18)19)9-12(13)16-14(17)10(3)5-2/h6-7,9-10H,4-5,8H2,1-3H3,(H,18,19). The van der Waals surface area contributed by atoms with Crippen LogP contribution in [-0.4, -0.2) is 20.6 Å². The van der Waals surface area contributed by atoms with E-state index in [0.29, 0.717) is 11.5 Å². The normalized spacial score (nSPS) is 12.8. The molecule has 1 aromatic heterocycles. The van der Waals surface area contributed by atoms with Crippen LogP contribution in [0.25, 0.3) is 11.0 Å². The van der Waals surface area contributed by atoms with Crippen LogP contribution in [0.2, 0.25) is 0 Å². The molecule has 0 aliphatic carbocycles. The number of carboxylic acids is 1. The highest BCUT2D eigenvalue weighted by Gasteiger charge is 2.16. The summed E-state index contributed by atoms with van der Waals surface area (Å²) in [6.45, 7) is 7.36. The van der Waals surface area contributed by atoms with E-state index in [1.165, 1.54) is 0 Å². The second-order valence-corrected chi connectivity index (χ2v) is 4.94. The van der Waals surface area contributed by atoms with Crippen molar-refractivity contribution in [3.05, 3.63) is 29.6 Å². The van der Waals surface area contributed by atoms with Gasteiger partial charge in [-0.3, -0.25) is 0 Å². The molecule has 0 fully saturated rings. The molecule has 19 heavy (non-hydrogen) atoms. The lowest BCUT2D eigenvalue weighted by Crippen LogP contribution is -2.06. The Hall–Kier alpha value is -1.84. The maximum Gasteiger partial charge on any atom is 0.335 e. The molecule has 0 saturated carbocycles. The van der Waals surface area contributed by atoms with Gasteiger partial charge in [0, 0.05) is 12.5 Å². The minimum absolute atomic E-state index is 0.296. The maximum atomic E-state index is 11.0. The summed E-state index contributed by atoms with van der Waals surface area (Å²) in [5.74, 6) is 0.533. The Morgan fingerprint density at radius 2 is 2.16 bits per heavy atom. The number of carboxylic acid groups (broad SMARTS) is 1. The lowest BCUT2D eigenvalue weighted by Gasteiger charge is -2.12. The van der Waals surface area contributed by atoms with Gasteiger partial charge in [0.15, 0.2) is 0 Å². The summed E-state index contributed by atoms with van der Waals surface area (Å²) in [6.07, 6.45) is 2.06. The molecule has 1 N–H and O–H groups in total. The van der Waals surface area contributed by atoms with Crippen molar-refractivity contribution < 1.29 is 9.90 Å². The molecule has 0 bridgehead atoms. The van der Waals surface area contributed by atoms with E-state index in [2.05, 4.69) is 30.3 Å². The average Bonchev–Trinajstić information content (AvgIpc) is 2.76. The Bertz CT molecular complexity index is 601. The summed E-state index contributed by atoms with van der Waals surface area (Å²) < 4.78 is 2.22. The fourth-order valence-electron chi connectivity index (χ4n) is 2.30. The number of nitrogens with zero attached hydrogens (tertiary/aromatic N) is 2. The first-order chi connectivity index (χ1) is 9.08. The van der Waals surface area contributed by atoms with Crippen LogP contribution in [0.5, 0.6) is 0 Å². The zero-order valence-electron chi connectivity index (χ0n) is 11.7. The van der Waals surface area contributed by atoms with E-state index in [1.54, 1.807) is 12.1 Å². The Morgan fingerprint density at radius 1 is 1.42 bits per heavy atom. The van der Waals surface area contributed by atoms with Gasteiger partial charge in [0.25, 0.3) is 0 Å². The molecule has 1 atom stereocenters. The molecule has 1 heterocycles. The molecule has 1 unspecified atom stereocenters. The molecule has 0 spiro atoms. The van der Waals surface area contributed by atoms with Crippen molar-refractivity contribution in [1.29, 1.82) is 0 Å². The summed E-state index contributed by atoms with van der Waals surface area (Å²) in [4.78, 5) is 15.7. The molecular weight excluding hydrogens is 240 g/mol. The van der Waals surface area contributed by atoms with E-state index in [-0.39, 0.29) is 0 Å². The summed E-state index contributed by atoms with van der Waals surface area (Å²) >= 11 is 0. The van der Waals surface area contributed by atoms with Gasteiger partial charge in [-0.1, -0.05) is 20.8 Å². The van der Waals surface area contributed by atoms with Gasteiger partial charge in [-0.25, -0.2) is 9.78 Å². The van der Waals surface area contributed by atoms with Crippen LogP contribution < -0.4 is 0 Å². The summed E-state index contributed by atoms with van der Waals surface area (Å²) in [5, 5.41) is 9.04. The lowest BCUT2D eigenvalue weighted by molar-refractivity contribution is 0.0697. The molecule has 0 radical (unpaired) electrons. The average molecular weight is 260 g/mol. The van der Waals surface area contributed by atoms with Crippen LogP contribution in [0, 0.1) is 0 Å². The van der Waals surface area contributed by atoms with Gasteiger partial charge in [-0.2, -0.15) is 0 Å². The molecule has 1 aromatic carbocycles. The van der Waals surface area contributed by atoms with Crippen LogP contribution in [0.1, 0.15) is 55.7 Å². The summed E-state index contributed by atoms with van der Waals surface area (Å²) in [7, 11) is 0. The minimum Gasteiger partial charge on any atom is -0.478 e. The molecule has 0 saturated heterocycles. The molecule has 0 amide bonds. The first kappa shape index (κ1) is 13.6. The predicted octanol–water partition coefficient (Wildman–Crippen LogP) is 3.66. The van der Waals surface area contributed by atoms with Crippen molar-refractivity contribution in [1.82, 2.24) is 9.55 Å². The third kappa shape index (κ3) is 2.48. The highest BCUT2D eigenvalue weighted by atomic mass is 16.4. The number of rotatable bonds is 5. The van der Waals surface area contributed by atoms with E-state index >= 15 is 0 Å². The number of hydrogen-bond acceptors (Lipinski definition) is 2. The lowest BCUT2D eigenvalue weighted by atomic mass is 10.1. The highest BCUT2D eigenvalue weighted by Crippen LogP contribution is 2.25. The van der Waals surface area contributed by atoms with E-state index < -0.39 is 5.97 Å². The quantitative estimate of drug-likeness (QED) is 0.892. The highest BCUT2D eigenvalue weighted by molar-refractivity contribution is 5.92. The van der Waals surface area contributed by atoms with Gasteiger partial charge in [0.05, 0.1) is 16.6 Å². The first-order valence-electron chi connectivity index (χ1n) is 6.81. The minimum atomic E-state index is -0.906. The molecule has 0 aliphatic rings. The summed E-state index contributed by atoms with van der Waals surface area (Å²) in [5.41, 5.74) is 2.11. The molecule has 4 heteroatoms. The van der Waals surface area contributed by atoms with E-state index in [1.807, 2.05) is 6.07 Å². The first-order valence-corrected chi connectivity index (χ1v) is 6.81. The number of imidazole rings is 1. The van der Waals surface area contributed by atoms with Crippen LogP contribution in [0.15, 0.2) is 18.2 Å². The van der Waals surface area contributed by atoms with Gasteiger partial charge < -0.3 is 9.67 Å². The second-order valence-electron chi connectivity index (χ2n) is 4.94. The third-order valence-electron chi connectivity index (χ3n) is 3.53. The molecule has 102 valence electrons. The van der Waals surface area contributed by atoms with E-state index in [0.717, 1.165) is 36.2 Å². The van der Waals surface area contributed by atoms with Gasteiger partial charge in [0.1, 0.15) is 5.82 Å². The van der Waals surface area contributed by atoms with Gasteiger partial charge in [-0.05, 0) is 31.0 Å². The van der Waals surface area contributed by atoms with Crippen molar-refractivity contribution in [2.45, 2.75) is 46.1 Å². The van der Waals surface area contributed by atoms with Gasteiger partial charge in [0.2, 0.25) is 0 Å². The van der Waals surface area contributed by atoms with Gasteiger partial charge >= 0.3 is 5.97 Å². The molecule has 0 aliphatic heterocycles. The Kier molecular flexibility index (Phi) is 3.88. The second kappa shape index (κ2) is 5.43. The Morgan fingerprint density at radius 3 is 2.74 bits per heavy atom. The van der Waals surface area contributed by atoms with Crippen LogP contribution >= 0.6 is 0 Å². The van der Waals surface area contributed by atoms with Gasteiger partial charge in [-0.15, -0.1) is 0 Å². The van der Waals surface area contributed by atoms with Crippen molar-refractivity contribution in [2.24, 2.45) is 0 Å². The van der Waals surface area contributed by atoms with Crippen LogP contribution in [0.4, 0.5) is 0 Å².